The molecular formula is C14H9BrF3NO2. The summed E-state index contributed by atoms with van der Waals surface area (Å²) < 4.78 is 40.0. The van der Waals surface area contributed by atoms with Crippen molar-refractivity contribution in [1.29, 1.82) is 0 Å². The predicted octanol–water partition coefficient (Wildman–Crippen LogP) is 3.50. The molecule has 0 aliphatic heterocycles. The smallest absolute Gasteiger partial charge is 0.255 e. The first-order valence-electron chi connectivity index (χ1n) is 5.78. The minimum Gasteiger partial charge on any atom is -0.507 e. The minimum atomic E-state index is -1.26. The van der Waals surface area contributed by atoms with E-state index in [1.807, 2.05) is 0 Å². The van der Waals surface area contributed by atoms with E-state index < -0.39 is 34.7 Å². The van der Waals surface area contributed by atoms with Gasteiger partial charge in [-0.25, -0.2) is 13.2 Å². The molecule has 2 rings (SSSR count). The summed E-state index contributed by atoms with van der Waals surface area (Å²) in [4.78, 5) is 11.8. The Morgan fingerprint density at radius 2 is 1.76 bits per heavy atom. The van der Waals surface area contributed by atoms with Gasteiger partial charge < -0.3 is 10.4 Å². The Morgan fingerprint density at radius 3 is 2.43 bits per heavy atom. The summed E-state index contributed by atoms with van der Waals surface area (Å²) in [6.45, 7) is -0.156. The lowest BCUT2D eigenvalue weighted by Gasteiger charge is -2.08. The molecule has 0 heterocycles. The zero-order valence-corrected chi connectivity index (χ0v) is 12.0. The van der Waals surface area contributed by atoms with E-state index in [0.717, 1.165) is 0 Å². The second-order valence-electron chi connectivity index (χ2n) is 4.20. The molecule has 0 unspecified atom stereocenters. The van der Waals surface area contributed by atoms with Crippen LogP contribution >= 0.6 is 15.9 Å². The molecule has 0 aliphatic carbocycles. The van der Waals surface area contributed by atoms with Gasteiger partial charge in [0.15, 0.2) is 11.6 Å². The van der Waals surface area contributed by atoms with Crippen molar-refractivity contribution >= 4 is 21.8 Å². The Kier molecular flexibility index (Phi) is 4.52. The van der Waals surface area contributed by atoms with Crippen molar-refractivity contribution in [2.45, 2.75) is 6.54 Å². The maximum Gasteiger partial charge on any atom is 0.255 e. The SMILES string of the molecule is O=C(NCc1ccc(Br)cc1F)c1cc(F)c(F)cc1O. The molecule has 0 aliphatic rings. The average Bonchev–Trinajstić information content (AvgIpc) is 2.41. The maximum atomic E-state index is 13.6. The van der Waals surface area contributed by atoms with Crippen LogP contribution in [0.15, 0.2) is 34.8 Å². The standard InChI is InChI=1S/C14H9BrF3NO2/c15-8-2-1-7(10(16)3-8)6-19-14(21)9-4-11(17)12(18)5-13(9)20/h1-5,20H,6H2,(H,19,21). The third-order valence-electron chi connectivity index (χ3n) is 2.74. The first kappa shape index (κ1) is 15.4. The second-order valence-corrected chi connectivity index (χ2v) is 5.12. The maximum absolute atomic E-state index is 13.6. The van der Waals surface area contributed by atoms with Crippen LogP contribution in [0.2, 0.25) is 0 Å². The summed E-state index contributed by atoms with van der Waals surface area (Å²) in [5, 5.41) is 11.7. The topological polar surface area (TPSA) is 49.3 Å². The van der Waals surface area contributed by atoms with Gasteiger partial charge in [-0.1, -0.05) is 22.0 Å². The lowest BCUT2D eigenvalue weighted by atomic mass is 10.1. The molecule has 2 aromatic carbocycles. The van der Waals surface area contributed by atoms with Gasteiger partial charge in [0, 0.05) is 22.6 Å². The van der Waals surface area contributed by atoms with E-state index in [0.29, 0.717) is 16.6 Å². The van der Waals surface area contributed by atoms with Crippen LogP contribution in [0.5, 0.6) is 5.75 Å². The number of phenolic OH excluding ortho intramolecular Hbond substituents is 1. The van der Waals surface area contributed by atoms with Gasteiger partial charge >= 0.3 is 0 Å². The highest BCUT2D eigenvalue weighted by Gasteiger charge is 2.16. The number of benzene rings is 2. The van der Waals surface area contributed by atoms with E-state index in [1.54, 1.807) is 6.07 Å². The second kappa shape index (κ2) is 6.17. The van der Waals surface area contributed by atoms with Crippen molar-refractivity contribution in [1.82, 2.24) is 5.32 Å². The average molecular weight is 360 g/mol. The number of phenols is 1. The summed E-state index contributed by atoms with van der Waals surface area (Å²) in [5.74, 6) is -4.58. The van der Waals surface area contributed by atoms with E-state index in [9.17, 15) is 23.1 Å². The van der Waals surface area contributed by atoms with Crippen molar-refractivity contribution in [3.05, 3.63) is 63.4 Å². The zero-order chi connectivity index (χ0) is 15.6. The van der Waals surface area contributed by atoms with Gasteiger partial charge in [-0.05, 0) is 18.2 Å². The van der Waals surface area contributed by atoms with Crippen LogP contribution in [-0.2, 0) is 6.54 Å². The minimum absolute atomic E-state index is 0.156. The fraction of sp³-hybridized carbons (Fsp3) is 0.0714. The first-order valence-corrected chi connectivity index (χ1v) is 6.58. The number of carbonyl (C=O) groups is 1. The fourth-order valence-corrected chi connectivity index (χ4v) is 1.99. The number of rotatable bonds is 3. The Labute approximate surface area is 126 Å². The lowest BCUT2D eigenvalue weighted by molar-refractivity contribution is 0.0947. The molecule has 0 spiro atoms. The third kappa shape index (κ3) is 3.55. The van der Waals surface area contributed by atoms with E-state index >= 15 is 0 Å². The summed E-state index contributed by atoms with van der Waals surface area (Å²) >= 11 is 3.10. The molecule has 0 saturated carbocycles. The lowest BCUT2D eigenvalue weighted by Crippen LogP contribution is -2.23. The largest absolute Gasteiger partial charge is 0.507 e. The molecule has 1 amide bonds. The summed E-state index contributed by atoms with van der Waals surface area (Å²) in [7, 11) is 0. The molecule has 2 aromatic rings. The number of nitrogens with one attached hydrogen (secondary N) is 1. The Balaban J connectivity index is 2.13. The molecular weight excluding hydrogens is 351 g/mol. The van der Waals surface area contributed by atoms with Crippen LogP contribution in [0.4, 0.5) is 13.2 Å². The van der Waals surface area contributed by atoms with Crippen LogP contribution in [0.1, 0.15) is 15.9 Å². The molecule has 3 nitrogen and oxygen atoms in total. The van der Waals surface area contributed by atoms with Gasteiger partial charge in [0.25, 0.3) is 5.91 Å². The van der Waals surface area contributed by atoms with Gasteiger partial charge in [-0.2, -0.15) is 0 Å². The monoisotopic (exact) mass is 359 g/mol. The van der Waals surface area contributed by atoms with E-state index in [4.69, 9.17) is 0 Å². The van der Waals surface area contributed by atoms with Crippen LogP contribution in [0.25, 0.3) is 0 Å². The van der Waals surface area contributed by atoms with Crippen LogP contribution in [0.3, 0.4) is 0 Å². The molecule has 21 heavy (non-hydrogen) atoms. The van der Waals surface area contributed by atoms with Crippen molar-refractivity contribution in [3.63, 3.8) is 0 Å². The zero-order valence-electron chi connectivity index (χ0n) is 10.5. The molecule has 0 saturated heterocycles. The van der Waals surface area contributed by atoms with Crippen molar-refractivity contribution in [2.75, 3.05) is 0 Å². The van der Waals surface area contributed by atoms with Gasteiger partial charge in [-0.3, -0.25) is 4.79 Å². The highest BCUT2D eigenvalue weighted by molar-refractivity contribution is 9.10. The molecule has 0 atom stereocenters. The van der Waals surface area contributed by atoms with Crippen molar-refractivity contribution < 1.29 is 23.1 Å². The number of halogens is 4. The van der Waals surface area contributed by atoms with Gasteiger partial charge in [-0.15, -0.1) is 0 Å². The van der Waals surface area contributed by atoms with Crippen molar-refractivity contribution in [2.24, 2.45) is 0 Å². The van der Waals surface area contributed by atoms with E-state index in [-0.39, 0.29) is 12.1 Å². The van der Waals surface area contributed by atoms with Gasteiger partial charge in [0.05, 0.1) is 5.56 Å². The van der Waals surface area contributed by atoms with Gasteiger partial charge in [0.2, 0.25) is 0 Å². The number of hydrogen-bond acceptors (Lipinski definition) is 2. The normalized spacial score (nSPS) is 10.5. The van der Waals surface area contributed by atoms with E-state index in [1.165, 1.54) is 12.1 Å². The highest BCUT2D eigenvalue weighted by atomic mass is 79.9. The molecule has 0 fully saturated rings. The number of aromatic hydroxyl groups is 1. The number of amides is 1. The fourth-order valence-electron chi connectivity index (χ4n) is 1.65. The number of hydrogen-bond donors (Lipinski definition) is 2. The first-order chi connectivity index (χ1) is 9.88. The summed E-state index contributed by atoms with van der Waals surface area (Å²) in [5.41, 5.74) is -0.208. The molecule has 2 N–H and O–H groups in total. The molecule has 7 heteroatoms. The Bertz CT molecular complexity index is 707. The van der Waals surface area contributed by atoms with Crippen LogP contribution < -0.4 is 5.32 Å². The Morgan fingerprint density at radius 1 is 1.10 bits per heavy atom. The molecule has 0 bridgehead atoms. The van der Waals surface area contributed by atoms with E-state index in [2.05, 4.69) is 21.2 Å². The molecule has 0 aromatic heterocycles. The highest BCUT2D eigenvalue weighted by Crippen LogP contribution is 2.21. The molecule has 110 valence electrons. The summed E-state index contributed by atoms with van der Waals surface area (Å²) in [6.07, 6.45) is 0. The summed E-state index contributed by atoms with van der Waals surface area (Å²) in [6, 6.07) is 5.38. The number of carbonyl (C=O) groups excluding carboxylic acids is 1. The Hall–Kier alpha value is -2.02. The molecule has 0 radical (unpaired) electrons. The quantitative estimate of drug-likeness (QED) is 0.880. The van der Waals surface area contributed by atoms with Crippen molar-refractivity contribution in [3.8, 4) is 5.75 Å². The van der Waals surface area contributed by atoms with Crippen LogP contribution in [0, 0.1) is 17.5 Å². The third-order valence-corrected chi connectivity index (χ3v) is 3.23. The van der Waals surface area contributed by atoms with Crippen LogP contribution in [-0.4, -0.2) is 11.0 Å². The predicted molar refractivity (Wildman–Crippen MR) is 73.3 cm³/mol. The van der Waals surface area contributed by atoms with Gasteiger partial charge in [0.1, 0.15) is 11.6 Å².